The summed E-state index contributed by atoms with van der Waals surface area (Å²) >= 11 is 0. The summed E-state index contributed by atoms with van der Waals surface area (Å²) in [6.07, 6.45) is 1.87. The number of carbonyl (C=O) groups excluding carboxylic acids is 2. The van der Waals surface area contributed by atoms with Crippen LogP contribution in [0.3, 0.4) is 0 Å². The van der Waals surface area contributed by atoms with E-state index in [1.165, 1.54) is 23.1 Å². The second-order valence-electron chi connectivity index (χ2n) is 8.76. The molecule has 1 N–H and O–H groups in total. The van der Waals surface area contributed by atoms with Crippen LogP contribution in [0.5, 0.6) is 5.75 Å². The molecule has 0 saturated heterocycles. The second kappa shape index (κ2) is 13.2. The molecule has 0 aliphatic rings. The van der Waals surface area contributed by atoms with Crippen molar-refractivity contribution in [1.82, 2.24) is 10.2 Å². The maximum Gasteiger partial charge on any atom is 0.242 e. The number of para-hydroxylation sites is 1. The van der Waals surface area contributed by atoms with Gasteiger partial charge < -0.3 is 15.0 Å². The quantitative estimate of drug-likeness (QED) is 0.434. The zero-order valence-electron chi connectivity index (χ0n) is 21.5. The van der Waals surface area contributed by atoms with Gasteiger partial charge in [0.05, 0.1) is 19.1 Å². The fourth-order valence-corrected chi connectivity index (χ4v) is 4.62. The number of rotatable bonds is 13. The van der Waals surface area contributed by atoms with Crippen molar-refractivity contribution in [3.05, 3.63) is 59.9 Å². The van der Waals surface area contributed by atoms with Gasteiger partial charge in [0, 0.05) is 25.6 Å². The molecule has 36 heavy (non-hydrogen) atoms. The van der Waals surface area contributed by atoms with Crippen molar-refractivity contribution in [3.63, 3.8) is 0 Å². The van der Waals surface area contributed by atoms with Crippen molar-refractivity contribution in [2.75, 3.05) is 24.2 Å². The van der Waals surface area contributed by atoms with E-state index in [0.717, 1.165) is 22.5 Å². The van der Waals surface area contributed by atoms with Crippen molar-refractivity contribution in [1.29, 1.82) is 0 Å². The molecule has 10 heteroatoms. The number of nitrogens with one attached hydrogen (secondary N) is 1. The fourth-order valence-electron chi connectivity index (χ4n) is 3.65. The van der Waals surface area contributed by atoms with Gasteiger partial charge in [-0.1, -0.05) is 31.2 Å². The van der Waals surface area contributed by atoms with Gasteiger partial charge in [-0.2, -0.15) is 0 Å². The highest BCUT2D eigenvalue weighted by Gasteiger charge is 2.27. The number of methoxy groups -OCH3 is 1. The zero-order valence-corrected chi connectivity index (χ0v) is 22.3. The van der Waals surface area contributed by atoms with E-state index in [2.05, 4.69) is 5.32 Å². The molecule has 0 heterocycles. The van der Waals surface area contributed by atoms with Gasteiger partial charge in [0.15, 0.2) is 0 Å². The molecule has 2 unspecified atom stereocenters. The number of halogens is 1. The van der Waals surface area contributed by atoms with Crippen molar-refractivity contribution in [2.24, 2.45) is 0 Å². The summed E-state index contributed by atoms with van der Waals surface area (Å²) in [5, 5.41) is 2.91. The van der Waals surface area contributed by atoms with E-state index in [-0.39, 0.29) is 49.5 Å². The fraction of sp³-hybridized carbons (Fsp3) is 0.462. The molecule has 2 atom stereocenters. The van der Waals surface area contributed by atoms with E-state index in [1.54, 1.807) is 38.3 Å². The summed E-state index contributed by atoms with van der Waals surface area (Å²) < 4.78 is 45.2. The van der Waals surface area contributed by atoms with Crippen molar-refractivity contribution < 1.29 is 27.1 Å². The standard InChI is InChI=1S/C26H36FN3O5S/c1-6-19(2)28-26(32)20(3)29(18-21-11-9-12-22(17-21)35-4)25(31)15-10-16-30(36(5,33)34)24-14-8-7-13-23(24)27/h7-9,11-14,17,19-20H,6,10,15-16,18H2,1-5H3,(H,28,32). The normalized spacial score (nSPS) is 12.9. The van der Waals surface area contributed by atoms with E-state index in [1.807, 2.05) is 19.9 Å². The number of nitrogens with zero attached hydrogens (tertiary/aromatic N) is 2. The third kappa shape index (κ3) is 8.22. The summed E-state index contributed by atoms with van der Waals surface area (Å²) in [5.74, 6) is -0.620. The van der Waals surface area contributed by atoms with Crippen molar-refractivity contribution in [2.45, 2.75) is 58.7 Å². The molecule has 0 bridgehead atoms. The van der Waals surface area contributed by atoms with Crippen LogP contribution >= 0.6 is 0 Å². The van der Waals surface area contributed by atoms with Gasteiger partial charge in [-0.25, -0.2) is 12.8 Å². The molecular weight excluding hydrogens is 485 g/mol. The lowest BCUT2D eigenvalue weighted by Gasteiger charge is -2.30. The first kappa shape index (κ1) is 29.1. The molecule has 2 aromatic carbocycles. The number of amides is 2. The first-order valence-electron chi connectivity index (χ1n) is 11.9. The molecule has 0 fully saturated rings. The summed E-state index contributed by atoms with van der Waals surface area (Å²) in [7, 11) is -2.22. The molecule has 2 rings (SSSR count). The summed E-state index contributed by atoms with van der Waals surface area (Å²) in [5.41, 5.74) is 0.719. The molecule has 0 aromatic heterocycles. The van der Waals surface area contributed by atoms with Gasteiger partial charge in [0.25, 0.3) is 0 Å². The van der Waals surface area contributed by atoms with Gasteiger partial charge in [0.1, 0.15) is 17.6 Å². The molecule has 0 saturated carbocycles. The minimum atomic E-state index is -3.77. The van der Waals surface area contributed by atoms with Crippen molar-refractivity contribution in [3.8, 4) is 5.75 Å². The highest BCUT2D eigenvalue weighted by Crippen LogP contribution is 2.22. The topological polar surface area (TPSA) is 96.0 Å². The molecule has 0 spiro atoms. The number of hydrogen-bond donors (Lipinski definition) is 1. The number of benzene rings is 2. The predicted octanol–water partition coefficient (Wildman–Crippen LogP) is 3.71. The Labute approximate surface area is 213 Å². The number of carbonyl (C=O) groups is 2. The highest BCUT2D eigenvalue weighted by atomic mass is 32.2. The lowest BCUT2D eigenvalue weighted by molar-refractivity contribution is -0.140. The summed E-state index contributed by atoms with van der Waals surface area (Å²) in [4.78, 5) is 27.6. The molecule has 8 nitrogen and oxygen atoms in total. The van der Waals surface area contributed by atoms with Crippen LogP contribution in [-0.2, 0) is 26.2 Å². The maximum atomic E-state index is 14.3. The highest BCUT2D eigenvalue weighted by molar-refractivity contribution is 7.92. The van der Waals surface area contributed by atoms with Crippen LogP contribution in [0.4, 0.5) is 10.1 Å². The number of hydrogen-bond acceptors (Lipinski definition) is 5. The predicted molar refractivity (Wildman–Crippen MR) is 139 cm³/mol. The van der Waals surface area contributed by atoms with E-state index >= 15 is 0 Å². The minimum absolute atomic E-state index is 0.0224. The van der Waals surface area contributed by atoms with Crippen LogP contribution < -0.4 is 14.4 Å². The van der Waals surface area contributed by atoms with Crippen LogP contribution in [0.25, 0.3) is 0 Å². The van der Waals surface area contributed by atoms with Crippen LogP contribution in [0.1, 0.15) is 45.6 Å². The third-order valence-corrected chi connectivity index (χ3v) is 7.11. The van der Waals surface area contributed by atoms with Crippen LogP contribution in [-0.4, -0.2) is 57.1 Å². The average Bonchev–Trinajstić information content (AvgIpc) is 2.84. The Morgan fingerprint density at radius 1 is 1.11 bits per heavy atom. The number of sulfonamides is 1. The minimum Gasteiger partial charge on any atom is -0.497 e. The molecule has 198 valence electrons. The lowest BCUT2D eigenvalue weighted by atomic mass is 10.1. The van der Waals surface area contributed by atoms with Gasteiger partial charge >= 0.3 is 0 Å². The Kier molecular flexibility index (Phi) is 10.7. The number of anilines is 1. The second-order valence-corrected chi connectivity index (χ2v) is 10.7. The van der Waals surface area contributed by atoms with Gasteiger partial charge in [-0.05, 0) is 56.5 Å². The van der Waals surface area contributed by atoms with Gasteiger partial charge in [-0.3, -0.25) is 13.9 Å². The maximum absolute atomic E-state index is 14.3. The smallest absolute Gasteiger partial charge is 0.242 e. The first-order valence-corrected chi connectivity index (χ1v) is 13.8. The Morgan fingerprint density at radius 2 is 1.81 bits per heavy atom. The molecule has 0 aliphatic heterocycles. The molecular formula is C26H36FN3O5S. The van der Waals surface area contributed by atoms with E-state index in [9.17, 15) is 22.4 Å². The molecule has 0 aliphatic carbocycles. The van der Waals surface area contributed by atoms with Crippen LogP contribution in [0.15, 0.2) is 48.5 Å². The third-order valence-electron chi connectivity index (χ3n) is 5.93. The molecule has 2 aromatic rings. The van der Waals surface area contributed by atoms with Crippen molar-refractivity contribution >= 4 is 27.5 Å². The van der Waals surface area contributed by atoms with Gasteiger partial charge in [0.2, 0.25) is 21.8 Å². The monoisotopic (exact) mass is 521 g/mol. The average molecular weight is 522 g/mol. The van der Waals surface area contributed by atoms with Gasteiger partial charge in [-0.15, -0.1) is 0 Å². The Morgan fingerprint density at radius 3 is 2.42 bits per heavy atom. The van der Waals surface area contributed by atoms with Crippen LogP contribution in [0.2, 0.25) is 0 Å². The Hall–Kier alpha value is -3.14. The summed E-state index contributed by atoms with van der Waals surface area (Å²) in [6.45, 7) is 5.61. The van der Waals surface area contributed by atoms with E-state index in [4.69, 9.17) is 4.74 Å². The summed E-state index contributed by atoms with van der Waals surface area (Å²) in [6, 6.07) is 12.0. The van der Waals surface area contributed by atoms with E-state index < -0.39 is 21.9 Å². The zero-order chi connectivity index (χ0) is 26.9. The molecule has 2 amide bonds. The number of ether oxygens (including phenoxy) is 1. The SMILES string of the molecule is CCC(C)NC(=O)C(C)N(Cc1cccc(OC)c1)C(=O)CCCN(c1ccccc1F)S(C)(=O)=O. The Balaban J connectivity index is 2.20. The Bertz CT molecular complexity index is 1140. The molecule has 0 radical (unpaired) electrons. The largest absolute Gasteiger partial charge is 0.497 e. The first-order chi connectivity index (χ1) is 17.0. The van der Waals surface area contributed by atoms with Crippen LogP contribution in [0, 0.1) is 5.82 Å². The van der Waals surface area contributed by atoms with E-state index in [0.29, 0.717) is 5.75 Å². The lowest BCUT2D eigenvalue weighted by Crippen LogP contribution is -2.49.